The maximum absolute atomic E-state index is 3.65. The Bertz CT molecular complexity index is 579. The van der Waals surface area contributed by atoms with E-state index in [9.17, 15) is 0 Å². The van der Waals surface area contributed by atoms with Crippen LogP contribution in [0.5, 0.6) is 0 Å². The number of hydrogen-bond acceptors (Lipinski definition) is 1. The van der Waals surface area contributed by atoms with E-state index >= 15 is 0 Å². The molecule has 0 spiro atoms. The smallest absolute Gasteiger partial charge is 0.0292 e. The molecule has 1 aliphatic carbocycles. The lowest BCUT2D eigenvalue weighted by Gasteiger charge is -2.31. The lowest BCUT2D eigenvalue weighted by atomic mass is 9.77. The molecule has 0 aromatic heterocycles. The van der Waals surface area contributed by atoms with Crippen molar-refractivity contribution in [2.75, 3.05) is 6.54 Å². The summed E-state index contributed by atoms with van der Waals surface area (Å²) in [7, 11) is 0. The first-order valence-electron chi connectivity index (χ1n) is 6.80. The average molecular weight is 316 g/mol. The van der Waals surface area contributed by atoms with Gasteiger partial charge in [0.25, 0.3) is 0 Å². The zero-order chi connectivity index (χ0) is 13.2. The van der Waals surface area contributed by atoms with Gasteiger partial charge in [-0.05, 0) is 42.2 Å². The molecule has 2 heteroatoms. The van der Waals surface area contributed by atoms with Gasteiger partial charge in [0, 0.05) is 23.0 Å². The highest BCUT2D eigenvalue weighted by atomic mass is 79.9. The molecular weight excluding hydrogens is 298 g/mol. The van der Waals surface area contributed by atoms with E-state index in [1.807, 2.05) is 0 Å². The van der Waals surface area contributed by atoms with Gasteiger partial charge in [0.05, 0.1) is 0 Å². The van der Waals surface area contributed by atoms with Crippen molar-refractivity contribution in [1.29, 1.82) is 0 Å². The van der Waals surface area contributed by atoms with Crippen LogP contribution in [0.25, 0.3) is 0 Å². The van der Waals surface area contributed by atoms with Crippen molar-refractivity contribution in [3.05, 3.63) is 69.7 Å². The average Bonchev–Trinajstić information content (AvgIpc) is 2.39. The van der Waals surface area contributed by atoms with Gasteiger partial charge >= 0.3 is 0 Å². The summed E-state index contributed by atoms with van der Waals surface area (Å²) in [4.78, 5) is 0. The van der Waals surface area contributed by atoms with Crippen LogP contribution < -0.4 is 5.32 Å². The highest BCUT2D eigenvalue weighted by Gasteiger charge is 2.25. The van der Waals surface area contributed by atoms with Crippen molar-refractivity contribution >= 4 is 15.9 Å². The summed E-state index contributed by atoms with van der Waals surface area (Å²) < 4.78 is 1.15. The van der Waals surface area contributed by atoms with E-state index in [1.54, 1.807) is 0 Å². The lowest BCUT2D eigenvalue weighted by molar-refractivity contribution is 0.489. The normalized spacial score (nSPS) is 18.5. The third-order valence-corrected chi connectivity index (χ3v) is 4.47. The van der Waals surface area contributed by atoms with Crippen LogP contribution >= 0.6 is 15.9 Å². The fraction of sp³-hybridized carbons (Fsp3) is 0.294. The second kappa shape index (κ2) is 5.48. The van der Waals surface area contributed by atoms with Gasteiger partial charge in [-0.3, -0.25) is 0 Å². The molecule has 1 nitrogen and oxygen atoms in total. The maximum Gasteiger partial charge on any atom is 0.0292 e. The van der Waals surface area contributed by atoms with Gasteiger partial charge in [-0.2, -0.15) is 0 Å². The molecule has 0 amide bonds. The first kappa shape index (κ1) is 12.9. The van der Waals surface area contributed by atoms with Crippen LogP contribution in [0, 0.1) is 0 Å². The summed E-state index contributed by atoms with van der Waals surface area (Å²) >= 11 is 3.53. The SMILES string of the molecule is C[C@H](NCC1Cc2ccccc21)c1cccc(Br)c1. The van der Waals surface area contributed by atoms with Crippen molar-refractivity contribution in [3.63, 3.8) is 0 Å². The molecular formula is C17H18BrN. The Labute approximate surface area is 123 Å². The summed E-state index contributed by atoms with van der Waals surface area (Å²) in [5, 5.41) is 3.65. The molecule has 19 heavy (non-hydrogen) atoms. The van der Waals surface area contributed by atoms with Crippen molar-refractivity contribution in [3.8, 4) is 0 Å². The van der Waals surface area contributed by atoms with Gasteiger partial charge in [-0.25, -0.2) is 0 Å². The van der Waals surface area contributed by atoms with Gasteiger partial charge in [0.1, 0.15) is 0 Å². The van der Waals surface area contributed by atoms with Gasteiger partial charge in [-0.15, -0.1) is 0 Å². The van der Waals surface area contributed by atoms with E-state index in [-0.39, 0.29) is 0 Å². The minimum atomic E-state index is 0.394. The van der Waals surface area contributed by atoms with Crippen LogP contribution in [0.1, 0.15) is 35.6 Å². The molecule has 0 saturated carbocycles. The number of benzene rings is 2. The first-order valence-corrected chi connectivity index (χ1v) is 7.60. The topological polar surface area (TPSA) is 12.0 Å². The summed E-state index contributed by atoms with van der Waals surface area (Å²) in [5.74, 6) is 0.686. The maximum atomic E-state index is 3.65. The van der Waals surface area contributed by atoms with Crippen LogP contribution in [-0.2, 0) is 6.42 Å². The van der Waals surface area contributed by atoms with Crippen LogP contribution in [0.4, 0.5) is 0 Å². The number of rotatable bonds is 4. The molecule has 2 aromatic rings. The summed E-state index contributed by atoms with van der Waals surface area (Å²) in [6, 6.07) is 17.7. The zero-order valence-corrected chi connectivity index (χ0v) is 12.7. The fourth-order valence-corrected chi connectivity index (χ4v) is 3.17. The lowest BCUT2D eigenvalue weighted by Crippen LogP contribution is -2.30. The molecule has 0 bridgehead atoms. The molecule has 0 saturated heterocycles. The summed E-state index contributed by atoms with van der Waals surface area (Å²) in [6.07, 6.45) is 1.22. The minimum Gasteiger partial charge on any atom is -0.310 e. The Hall–Kier alpha value is -1.12. The van der Waals surface area contributed by atoms with Gasteiger partial charge in [-0.1, -0.05) is 52.3 Å². The minimum absolute atomic E-state index is 0.394. The van der Waals surface area contributed by atoms with Crippen molar-refractivity contribution < 1.29 is 0 Å². The molecule has 1 unspecified atom stereocenters. The third kappa shape index (κ3) is 2.75. The van der Waals surface area contributed by atoms with Crippen LogP contribution in [0.15, 0.2) is 53.0 Å². The predicted molar refractivity (Wildman–Crippen MR) is 83.4 cm³/mol. The largest absolute Gasteiger partial charge is 0.310 e. The second-order valence-electron chi connectivity index (χ2n) is 5.28. The Balaban J connectivity index is 1.59. The highest BCUT2D eigenvalue weighted by Crippen LogP contribution is 2.34. The quantitative estimate of drug-likeness (QED) is 0.879. The monoisotopic (exact) mass is 315 g/mol. The Kier molecular flexibility index (Phi) is 3.72. The Morgan fingerprint density at radius 2 is 2.05 bits per heavy atom. The highest BCUT2D eigenvalue weighted by molar-refractivity contribution is 9.10. The van der Waals surface area contributed by atoms with Gasteiger partial charge in [0.15, 0.2) is 0 Å². The standard InChI is InChI=1S/C17H18BrN/c1-12(13-6-4-7-16(18)10-13)19-11-15-9-14-5-2-3-8-17(14)15/h2-8,10,12,15,19H,9,11H2,1H3/t12-,15?/m0/s1. The van der Waals surface area contributed by atoms with Gasteiger partial charge in [0.2, 0.25) is 0 Å². The third-order valence-electron chi connectivity index (χ3n) is 3.98. The molecule has 1 aliphatic rings. The van der Waals surface area contributed by atoms with Crippen LogP contribution in [0.2, 0.25) is 0 Å². The van der Waals surface area contributed by atoms with E-state index in [0.717, 1.165) is 11.0 Å². The molecule has 98 valence electrons. The Morgan fingerprint density at radius 3 is 2.84 bits per heavy atom. The molecule has 0 heterocycles. The molecule has 2 aromatic carbocycles. The van der Waals surface area contributed by atoms with Crippen molar-refractivity contribution in [2.45, 2.75) is 25.3 Å². The molecule has 3 rings (SSSR count). The van der Waals surface area contributed by atoms with E-state index in [4.69, 9.17) is 0 Å². The van der Waals surface area contributed by atoms with E-state index < -0.39 is 0 Å². The second-order valence-corrected chi connectivity index (χ2v) is 6.20. The number of halogens is 1. The molecule has 0 aliphatic heterocycles. The summed E-state index contributed by atoms with van der Waals surface area (Å²) in [6.45, 7) is 3.29. The van der Waals surface area contributed by atoms with E-state index in [1.165, 1.54) is 23.1 Å². The van der Waals surface area contributed by atoms with E-state index in [2.05, 4.69) is 76.7 Å². The van der Waals surface area contributed by atoms with Crippen molar-refractivity contribution in [2.24, 2.45) is 0 Å². The van der Waals surface area contributed by atoms with Crippen LogP contribution in [-0.4, -0.2) is 6.54 Å². The number of nitrogens with one attached hydrogen (secondary N) is 1. The van der Waals surface area contributed by atoms with Crippen molar-refractivity contribution in [1.82, 2.24) is 5.32 Å². The van der Waals surface area contributed by atoms with Gasteiger partial charge < -0.3 is 5.32 Å². The van der Waals surface area contributed by atoms with Crippen LogP contribution in [0.3, 0.4) is 0 Å². The molecule has 2 atom stereocenters. The predicted octanol–water partition coefficient (Wildman–Crippen LogP) is 4.44. The summed E-state index contributed by atoms with van der Waals surface area (Å²) in [5.41, 5.74) is 4.38. The Morgan fingerprint density at radius 1 is 1.21 bits per heavy atom. The zero-order valence-electron chi connectivity index (χ0n) is 11.1. The molecule has 0 fully saturated rings. The van der Waals surface area contributed by atoms with E-state index in [0.29, 0.717) is 12.0 Å². The number of hydrogen-bond donors (Lipinski definition) is 1. The fourth-order valence-electron chi connectivity index (χ4n) is 2.76. The molecule has 1 N–H and O–H groups in total. The molecule has 0 radical (unpaired) electrons. The first-order chi connectivity index (χ1) is 9.24. The number of fused-ring (bicyclic) bond motifs is 1.